The van der Waals surface area contributed by atoms with Gasteiger partial charge in [-0.05, 0) is 62.2 Å². The smallest absolute Gasteiger partial charge is 0.273 e. The minimum absolute atomic E-state index is 0.397. The van der Waals surface area contributed by atoms with Crippen LogP contribution in [0.15, 0.2) is 90.0 Å². The van der Waals surface area contributed by atoms with E-state index in [9.17, 15) is 9.90 Å². The molecule has 34 heavy (non-hydrogen) atoms. The first-order valence-electron chi connectivity index (χ1n) is 10.6. The van der Waals surface area contributed by atoms with Gasteiger partial charge < -0.3 is 14.6 Å². The lowest BCUT2D eigenvalue weighted by Crippen LogP contribution is -2.25. The predicted molar refractivity (Wildman–Crippen MR) is 141 cm³/mol. The van der Waals surface area contributed by atoms with Crippen LogP contribution in [0.4, 0.5) is 0 Å². The highest BCUT2D eigenvalue weighted by Crippen LogP contribution is 2.34. The maximum Gasteiger partial charge on any atom is 0.273 e. The van der Waals surface area contributed by atoms with Crippen molar-refractivity contribution < 1.29 is 19.4 Å². The molecule has 1 amide bonds. The summed E-state index contributed by atoms with van der Waals surface area (Å²) in [6.07, 6.45) is 0.201. The third-order valence-electron chi connectivity index (χ3n) is 5.26. The fourth-order valence-electron chi connectivity index (χ4n) is 3.54. The molecule has 0 bridgehead atoms. The van der Waals surface area contributed by atoms with Crippen molar-refractivity contribution in [2.45, 2.75) is 12.7 Å². The Labute approximate surface area is 211 Å². The van der Waals surface area contributed by atoms with Gasteiger partial charge in [-0.25, -0.2) is 5.43 Å². The Morgan fingerprint density at radius 3 is 2.59 bits per heavy atom. The molecule has 2 N–H and O–H groups in total. The zero-order valence-electron chi connectivity index (χ0n) is 18.4. The number of nitrogens with zero attached hydrogens (tertiary/aromatic N) is 1. The number of benzene rings is 4. The van der Waals surface area contributed by atoms with Gasteiger partial charge in [0.2, 0.25) is 0 Å². The minimum atomic E-state index is -1.29. The van der Waals surface area contributed by atoms with E-state index in [-0.39, 0.29) is 0 Å². The molecule has 0 aliphatic rings. The number of hydrogen-bond acceptors (Lipinski definition) is 5. The van der Waals surface area contributed by atoms with Gasteiger partial charge in [0.25, 0.3) is 5.91 Å². The van der Waals surface area contributed by atoms with Crippen LogP contribution in [0.25, 0.3) is 10.8 Å². The molecule has 0 spiro atoms. The first kappa shape index (κ1) is 23.7. The lowest BCUT2D eigenvalue weighted by atomic mass is 10.1. The summed E-state index contributed by atoms with van der Waals surface area (Å²) in [6.45, 7) is 0.397. The summed E-state index contributed by atoms with van der Waals surface area (Å²) < 4.78 is 12.5. The van der Waals surface area contributed by atoms with Crippen molar-refractivity contribution in [3.8, 4) is 11.5 Å². The summed E-state index contributed by atoms with van der Waals surface area (Å²) in [5, 5.41) is 16.4. The molecular weight excluding hydrogens is 543 g/mol. The van der Waals surface area contributed by atoms with Gasteiger partial charge in [0.15, 0.2) is 17.6 Å². The monoisotopic (exact) mass is 566 g/mol. The highest BCUT2D eigenvalue weighted by atomic mass is 127. The van der Waals surface area contributed by atoms with Crippen molar-refractivity contribution in [2.24, 2.45) is 5.10 Å². The van der Waals surface area contributed by atoms with Gasteiger partial charge >= 0.3 is 0 Å². The lowest BCUT2D eigenvalue weighted by Gasteiger charge is -2.14. The second kappa shape index (κ2) is 11.1. The molecule has 0 aliphatic heterocycles. The van der Waals surface area contributed by atoms with Crippen LogP contribution >= 0.6 is 22.6 Å². The quantitative estimate of drug-likeness (QED) is 0.174. The van der Waals surface area contributed by atoms with E-state index in [1.165, 1.54) is 6.21 Å². The minimum Gasteiger partial charge on any atom is -0.493 e. The summed E-state index contributed by atoms with van der Waals surface area (Å²) in [7, 11) is 1.58. The van der Waals surface area contributed by atoms with Crippen molar-refractivity contribution in [1.29, 1.82) is 0 Å². The molecule has 1 atom stereocenters. The van der Waals surface area contributed by atoms with Crippen molar-refractivity contribution in [3.63, 3.8) is 0 Å². The number of carbonyl (C=O) groups excluding carboxylic acids is 1. The van der Waals surface area contributed by atoms with Gasteiger partial charge in [0.1, 0.15) is 6.61 Å². The van der Waals surface area contributed by atoms with Crippen molar-refractivity contribution in [2.75, 3.05) is 7.11 Å². The molecule has 6 nitrogen and oxygen atoms in total. The standard InChI is InChI=1S/C27H23IN2O4/c1-33-24-15-18(16-29-30-27(32)25(31)20-9-3-2-4-10-20)14-23(28)26(24)34-17-21-12-7-11-19-8-5-6-13-22(19)21/h2-16,25,31H,17H2,1H3,(H,30,32)/b29-16-/t25-/m0/s1. The van der Waals surface area contributed by atoms with Crippen LogP contribution in [0.2, 0.25) is 0 Å². The van der Waals surface area contributed by atoms with Crippen LogP contribution < -0.4 is 14.9 Å². The Morgan fingerprint density at radius 2 is 1.79 bits per heavy atom. The number of hydrazone groups is 1. The number of nitrogens with one attached hydrogen (secondary N) is 1. The molecule has 0 aliphatic carbocycles. The highest BCUT2D eigenvalue weighted by Gasteiger charge is 2.16. The summed E-state index contributed by atoms with van der Waals surface area (Å²) in [5.74, 6) is 0.583. The van der Waals surface area contributed by atoms with E-state index in [0.29, 0.717) is 29.2 Å². The topological polar surface area (TPSA) is 80.2 Å². The molecule has 4 rings (SSSR count). The summed E-state index contributed by atoms with van der Waals surface area (Å²) in [4.78, 5) is 12.2. The highest BCUT2D eigenvalue weighted by molar-refractivity contribution is 14.1. The van der Waals surface area contributed by atoms with E-state index < -0.39 is 12.0 Å². The summed E-state index contributed by atoms with van der Waals surface area (Å²) in [6, 6.07) is 26.7. The number of aliphatic hydroxyl groups is 1. The average molecular weight is 566 g/mol. The normalized spacial score (nSPS) is 12.0. The largest absolute Gasteiger partial charge is 0.493 e. The molecule has 0 heterocycles. The fraction of sp³-hybridized carbons (Fsp3) is 0.111. The van der Waals surface area contributed by atoms with Crippen LogP contribution in [0.3, 0.4) is 0 Å². The Bertz CT molecular complexity index is 1320. The van der Waals surface area contributed by atoms with Crippen molar-refractivity contribution in [1.82, 2.24) is 5.43 Å². The van der Waals surface area contributed by atoms with Crippen LogP contribution in [-0.4, -0.2) is 24.3 Å². The number of carbonyl (C=O) groups is 1. The molecule has 0 saturated carbocycles. The second-order valence-electron chi connectivity index (χ2n) is 7.51. The van der Waals surface area contributed by atoms with Crippen molar-refractivity contribution in [3.05, 3.63) is 105 Å². The maximum absolute atomic E-state index is 12.2. The van der Waals surface area contributed by atoms with E-state index in [1.807, 2.05) is 30.3 Å². The Hall–Kier alpha value is -3.43. The van der Waals surface area contributed by atoms with E-state index >= 15 is 0 Å². The summed E-state index contributed by atoms with van der Waals surface area (Å²) >= 11 is 2.19. The molecule has 4 aromatic rings. The first-order valence-corrected chi connectivity index (χ1v) is 11.7. The van der Waals surface area contributed by atoms with Gasteiger partial charge in [-0.15, -0.1) is 0 Å². The molecule has 0 unspecified atom stereocenters. The third-order valence-corrected chi connectivity index (χ3v) is 6.06. The maximum atomic E-state index is 12.2. The predicted octanol–water partition coefficient (Wildman–Crippen LogP) is 5.22. The molecule has 4 aromatic carbocycles. The fourth-order valence-corrected chi connectivity index (χ4v) is 4.32. The molecular formula is C27H23IN2O4. The number of hydrogen-bond donors (Lipinski definition) is 2. The molecule has 7 heteroatoms. The van der Waals surface area contributed by atoms with Gasteiger partial charge in [-0.3, -0.25) is 4.79 Å². The lowest BCUT2D eigenvalue weighted by molar-refractivity contribution is -0.129. The molecule has 0 aromatic heterocycles. The van der Waals surface area contributed by atoms with E-state index in [0.717, 1.165) is 19.9 Å². The van der Waals surface area contributed by atoms with Gasteiger partial charge in [0, 0.05) is 0 Å². The van der Waals surface area contributed by atoms with Crippen LogP contribution in [0.5, 0.6) is 11.5 Å². The molecule has 0 saturated heterocycles. The number of rotatable bonds is 8. The average Bonchev–Trinajstić information content (AvgIpc) is 2.87. The summed E-state index contributed by atoms with van der Waals surface area (Å²) in [5.41, 5.74) is 4.67. The Morgan fingerprint density at radius 1 is 1.06 bits per heavy atom. The molecule has 0 radical (unpaired) electrons. The number of halogens is 1. The van der Waals surface area contributed by atoms with E-state index in [2.05, 4.69) is 57.4 Å². The number of amides is 1. The molecule has 0 fully saturated rings. The number of aliphatic hydroxyl groups excluding tert-OH is 1. The van der Waals surface area contributed by atoms with Gasteiger partial charge in [-0.1, -0.05) is 72.8 Å². The van der Waals surface area contributed by atoms with Crippen LogP contribution in [-0.2, 0) is 11.4 Å². The third kappa shape index (κ3) is 5.55. The van der Waals surface area contributed by atoms with Gasteiger partial charge in [0.05, 0.1) is 16.9 Å². The number of ether oxygens (including phenoxy) is 2. The Balaban J connectivity index is 1.45. The van der Waals surface area contributed by atoms with E-state index in [1.54, 1.807) is 37.4 Å². The SMILES string of the molecule is COc1cc(/C=N\NC(=O)[C@@H](O)c2ccccc2)cc(I)c1OCc1cccc2ccccc12. The Kier molecular flexibility index (Phi) is 7.76. The zero-order valence-corrected chi connectivity index (χ0v) is 20.6. The van der Waals surface area contributed by atoms with Crippen LogP contribution in [0, 0.1) is 3.57 Å². The zero-order chi connectivity index (χ0) is 23.9. The number of methoxy groups -OCH3 is 1. The van der Waals surface area contributed by atoms with Crippen LogP contribution in [0.1, 0.15) is 22.8 Å². The first-order chi connectivity index (χ1) is 16.6. The second-order valence-corrected chi connectivity index (χ2v) is 8.67. The molecule has 172 valence electrons. The van der Waals surface area contributed by atoms with Gasteiger partial charge in [-0.2, -0.15) is 5.10 Å². The number of fused-ring (bicyclic) bond motifs is 1. The van der Waals surface area contributed by atoms with Crippen molar-refractivity contribution >= 4 is 45.5 Å². The van der Waals surface area contributed by atoms with E-state index in [4.69, 9.17) is 9.47 Å².